The van der Waals surface area contributed by atoms with Gasteiger partial charge in [-0.1, -0.05) is 13.0 Å². The Balaban J connectivity index is 2.43. The Morgan fingerprint density at radius 3 is 2.76 bits per heavy atom. The second kappa shape index (κ2) is 8.29. The van der Waals surface area contributed by atoms with Gasteiger partial charge in [-0.3, -0.25) is 4.79 Å². The lowest BCUT2D eigenvalue weighted by Gasteiger charge is -2.11. The fourth-order valence-electron chi connectivity index (χ4n) is 1.57. The Labute approximate surface area is 125 Å². The highest BCUT2D eigenvalue weighted by Gasteiger charge is 2.30. The molecule has 1 amide bonds. The summed E-state index contributed by atoms with van der Waals surface area (Å²) in [5, 5.41) is 11.4. The van der Waals surface area contributed by atoms with Gasteiger partial charge in [0, 0.05) is 18.0 Å². The van der Waals surface area contributed by atoms with Gasteiger partial charge in [0.25, 0.3) is 0 Å². The molecule has 0 aromatic heterocycles. The van der Waals surface area contributed by atoms with Gasteiger partial charge in [0.2, 0.25) is 5.91 Å². The lowest BCUT2D eigenvalue weighted by Crippen LogP contribution is -2.30. The Morgan fingerprint density at radius 2 is 2.14 bits per heavy atom. The largest absolute Gasteiger partial charge is 0.416 e. The quantitative estimate of drug-likeness (QED) is 0.759. The average Bonchev–Trinajstić information content (AvgIpc) is 2.42. The molecule has 118 valence electrons. The van der Waals surface area contributed by atoms with Crippen LogP contribution >= 0.6 is 11.8 Å². The van der Waals surface area contributed by atoms with Crippen LogP contribution in [0.3, 0.4) is 0 Å². The monoisotopic (exact) mass is 321 g/mol. The van der Waals surface area contributed by atoms with Crippen LogP contribution < -0.4 is 5.32 Å². The van der Waals surface area contributed by atoms with Crippen LogP contribution in [0.5, 0.6) is 0 Å². The van der Waals surface area contributed by atoms with E-state index >= 15 is 0 Å². The number of rotatable bonds is 7. The summed E-state index contributed by atoms with van der Waals surface area (Å²) in [7, 11) is 0. The molecule has 2 N–H and O–H groups in total. The minimum Gasteiger partial charge on any atom is -0.396 e. The SMILES string of the molecule is CC(CCO)CNC(=O)CSc1cccc(C(F)(F)F)c1. The van der Waals surface area contributed by atoms with E-state index in [-0.39, 0.29) is 24.2 Å². The smallest absolute Gasteiger partial charge is 0.396 e. The van der Waals surface area contributed by atoms with Crippen molar-refractivity contribution < 1.29 is 23.1 Å². The second-order valence-electron chi connectivity index (χ2n) is 4.74. The maximum absolute atomic E-state index is 12.5. The molecule has 1 rings (SSSR count). The molecule has 3 nitrogen and oxygen atoms in total. The van der Waals surface area contributed by atoms with Gasteiger partial charge in [-0.15, -0.1) is 11.8 Å². The number of aliphatic hydroxyl groups is 1. The number of halogens is 3. The minimum atomic E-state index is -4.38. The summed E-state index contributed by atoms with van der Waals surface area (Å²) in [6.07, 6.45) is -3.78. The van der Waals surface area contributed by atoms with Crippen molar-refractivity contribution in [3.63, 3.8) is 0 Å². The molecule has 0 bridgehead atoms. The molecule has 21 heavy (non-hydrogen) atoms. The maximum atomic E-state index is 12.5. The molecule has 1 aromatic carbocycles. The molecule has 1 unspecified atom stereocenters. The summed E-state index contributed by atoms with van der Waals surface area (Å²) < 4.78 is 37.6. The van der Waals surface area contributed by atoms with E-state index in [4.69, 9.17) is 5.11 Å². The number of aliphatic hydroxyl groups excluding tert-OH is 1. The van der Waals surface area contributed by atoms with Crippen molar-refractivity contribution in [3.8, 4) is 0 Å². The molecule has 1 atom stereocenters. The first-order valence-corrected chi connectivity index (χ1v) is 7.49. The van der Waals surface area contributed by atoms with E-state index in [2.05, 4.69) is 5.32 Å². The zero-order valence-electron chi connectivity index (χ0n) is 11.6. The molecule has 0 aliphatic rings. The number of hydrogen-bond donors (Lipinski definition) is 2. The summed E-state index contributed by atoms with van der Waals surface area (Å²) in [5.41, 5.74) is -0.718. The fraction of sp³-hybridized carbons (Fsp3) is 0.500. The standard InChI is InChI=1S/C14H18F3NO2S/c1-10(5-6-19)8-18-13(20)9-21-12-4-2-3-11(7-12)14(15,16)17/h2-4,7,10,19H,5-6,8-9H2,1H3,(H,18,20). The van der Waals surface area contributed by atoms with Crippen molar-refractivity contribution in [1.29, 1.82) is 0 Å². The predicted molar refractivity (Wildman–Crippen MR) is 76.0 cm³/mol. The van der Waals surface area contributed by atoms with Crippen LogP contribution in [0, 0.1) is 5.92 Å². The molecule has 0 saturated heterocycles. The van der Waals surface area contributed by atoms with Gasteiger partial charge in [-0.25, -0.2) is 0 Å². The highest BCUT2D eigenvalue weighted by Crippen LogP contribution is 2.31. The summed E-state index contributed by atoms with van der Waals surface area (Å²) in [4.78, 5) is 12.0. The lowest BCUT2D eigenvalue weighted by atomic mass is 10.1. The zero-order valence-corrected chi connectivity index (χ0v) is 12.4. The third kappa shape index (κ3) is 6.86. The number of alkyl halides is 3. The molecule has 0 heterocycles. The van der Waals surface area contributed by atoms with E-state index in [0.29, 0.717) is 17.9 Å². The molecule has 1 aromatic rings. The number of carbonyl (C=O) groups excluding carboxylic acids is 1. The molecule has 7 heteroatoms. The van der Waals surface area contributed by atoms with E-state index < -0.39 is 11.7 Å². The second-order valence-corrected chi connectivity index (χ2v) is 5.78. The number of hydrogen-bond acceptors (Lipinski definition) is 3. The first-order chi connectivity index (χ1) is 9.82. The maximum Gasteiger partial charge on any atom is 0.416 e. The van der Waals surface area contributed by atoms with Gasteiger partial charge >= 0.3 is 6.18 Å². The van der Waals surface area contributed by atoms with E-state index in [1.165, 1.54) is 6.07 Å². The first-order valence-electron chi connectivity index (χ1n) is 6.50. The van der Waals surface area contributed by atoms with Gasteiger partial charge < -0.3 is 10.4 Å². The van der Waals surface area contributed by atoms with Crippen LogP contribution in [0.1, 0.15) is 18.9 Å². The van der Waals surface area contributed by atoms with Crippen LogP contribution in [-0.2, 0) is 11.0 Å². The van der Waals surface area contributed by atoms with Gasteiger partial charge in [0.15, 0.2) is 0 Å². The van der Waals surface area contributed by atoms with E-state index in [1.54, 1.807) is 6.07 Å². The van der Waals surface area contributed by atoms with Crippen LogP contribution in [0.2, 0.25) is 0 Å². The summed E-state index contributed by atoms with van der Waals surface area (Å²) in [5.74, 6) is -0.00706. The third-order valence-corrected chi connectivity index (χ3v) is 3.79. The summed E-state index contributed by atoms with van der Waals surface area (Å²) in [6, 6.07) is 4.90. The highest BCUT2D eigenvalue weighted by molar-refractivity contribution is 8.00. The molecule has 0 aliphatic carbocycles. The molecule has 0 fully saturated rings. The number of thioether (sulfide) groups is 1. The number of amides is 1. The Hall–Kier alpha value is -1.21. The van der Waals surface area contributed by atoms with Crippen molar-refractivity contribution in [2.45, 2.75) is 24.4 Å². The molecule has 0 aliphatic heterocycles. The topological polar surface area (TPSA) is 49.3 Å². The van der Waals surface area contributed by atoms with Crippen molar-refractivity contribution in [2.75, 3.05) is 18.9 Å². The molecule has 0 radical (unpaired) electrons. The van der Waals surface area contributed by atoms with Gasteiger partial charge in [-0.05, 0) is 30.5 Å². The van der Waals surface area contributed by atoms with Crippen LogP contribution in [-0.4, -0.2) is 29.9 Å². The van der Waals surface area contributed by atoms with Gasteiger partial charge in [0.1, 0.15) is 0 Å². The van der Waals surface area contributed by atoms with Gasteiger partial charge in [-0.2, -0.15) is 13.2 Å². The van der Waals surface area contributed by atoms with Crippen molar-refractivity contribution in [3.05, 3.63) is 29.8 Å². The number of nitrogens with one attached hydrogen (secondary N) is 1. The molecular formula is C14H18F3NO2S. The normalized spacial score (nSPS) is 13.0. The lowest BCUT2D eigenvalue weighted by molar-refractivity contribution is -0.137. The first kappa shape index (κ1) is 17.8. The average molecular weight is 321 g/mol. The minimum absolute atomic E-state index is 0.0627. The van der Waals surface area contributed by atoms with Crippen LogP contribution in [0.4, 0.5) is 13.2 Å². The van der Waals surface area contributed by atoms with Crippen molar-refractivity contribution >= 4 is 17.7 Å². The number of benzene rings is 1. The summed E-state index contributed by atoms with van der Waals surface area (Å²) >= 11 is 1.06. The molecular weight excluding hydrogens is 303 g/mol. The Kier molecular flexibility index (Phi) is 7.04. The third-order valence-electron chi connectivity index (χ3n) is 2.80. The molecule has 0 saturated carbocycles. The molecule has 0 spiro atoms. The zero-order chi connectivity index (χ0) is 15.9. The predicted octanol–water partition coefficient (Wildman–Crippen LogP) is 2.93. The summed E-state index contributed by atoms with van der Waals surface area (Å²) in [6.45, 7) is 2.41. The Morgan fingerprint density at radius 1 is 1.43 bits per heavy atom. The Bertz CT molecular complexity index is 466. The number of carbonyl (C=O) groups is 1. The van der Waals surface area contributed by atoms with E-state index in [1.807, 2.05) is 6.92 Å². The van der Waals surface area contributed by atoms with E-state index in [0.717, 1.165) is 23.9 Å². The fourth-order valence-corrected chi connectivity index (χ4v) is 2.36. The van der Waals surface area contributed by atoms with E-state index in [9.17, 15) is 18.0 Å². The van der Waals surface area contributed by atoms with Crippen molar-refractivity contribution in [1.82, 2.24) is 5.32 Å². The highest BCUT2D eigenvalue weighted by atomic mass is 32.2. The van der Waals surface area contributed by atoms with Crippen molar-refractivity contribution in [2.24, 2.45) is 5.92 Å². The van der Waals surface area contributed by atoms with Crippen LogP contribution in [0.25, 0.3) is 0 Å². The van der Waals surface area contributed by atoms with Gasteiger partial charge in [0.05, 0.1) is 11.3 Å². The van der Waals surface area contributed by atoms with Crippen LogP contribution in [0.15, 0.2) is 29.2 Å².